The number of fused-ring (bicyclic) bond motifs is 6. The van der Waals surface area contributed by atoms with Crippen LogP contribution in [0.4, 0.5) is 18.9 Å². The van der Waals surface area contributed by atoms with Crippen molar-refractivity contribution in [2.45, 2.75) is 48.2 Å². The summed E-state index contributed by atoms with van der Waals surface area (Å²) in [5.41, 5.74) is 0.0796. The molecule has 4 nitrogen and oxygen atoms in total. The highest BCUT2D eigenvalue weighted by atomic mass is 35.5. The van der Waals surface area contributed by atoms with Crippen LogP contribution in [0.15, 0.2) is 52.3 Å². The standard InChI is InChI=1S/C26H21Cl2F3N2O2S2/c27-17-6-2-5-16(21(17)28)20-19-12-7-8-13(9-12)22(19)36-24-23(20)37-25(35)33(24)11-18(34)32-15-4-1-3-14(10-15)26(29,30)31/h1-6,10,12-13,19-20,22H,7-9,11H2,(H,32,34)/t12-,13-,19-,20-,22+/m0/s1. The van der Waals surface area contributed by atoms with Gasteiger partial charge in [-0.1, -0.05) is 52.7 Å². The maximum absolute atomic E-state index is 13.2. The summed E-state index contributed by atoms with van der Waals surface area (Å²) in [6.07, 6.45) is -1.07. The van der Waals surface area contributed by atoms with Crippen LogP contribution >= 0.6 is 46.3 Å². The van der Waals surface area contributed by atoms with Crippen LogP contribution in [0, 0.1) is 17.8 Å². The molecular weight excluding hydrogens is 564 g/mol. The number of alkyl halides is 3. The van der Waals surface area contributed by atoms with Crippen molar-refractivity contribution in [2.75, 3.05) is 5.32 Å². The van der Waals surface area contributed by atoms with Crippen molar-refractivity contribution in [3.63, 3.8) is 0 Å². The summed E-state index contributed by atoms with van der Waals surface area (Å²) in [6.45, 7) is -0.282. The van der Waals surface area contributed by atoms with Crippen LogP contribution in [-0.2, 0) is 17.5 Å². The van der Waals surface area contributed by atoms with E-state index in [1.807, 2.05) is 12.1 Å². The lowest BCUT2D eigenvalue weighted by molar-refractivity contribution is -0.137. The van der Waals surface area contributed by atoms with E-state index >= 15 is 0 Å². The second-order valence-electron chi connectivity index (χ2n) is 9.86. The lowest BCUT2D eigenvalue weighted by Crippen LogP contribution is -2.35. The fourth-order valence-corrected chi connectivity index (χ4v) is 9.88. The van der Waals surface area contributed by atoms with Crippen molar-refractivity contribution in [3.05, 3.63) is 78.2 Å². The Morgan fingerprint density at radius 3 is 2.65 bits per heavy atom. The van der Waals surface area contributed by atoms with Gasteiger partial charge < -0.3 is 5.32 Å². The van der Waals surface area contributed by atoms with Gasteiger partial charge in [-0.3, -0.25) is 14.2 Å². The zero-order valence-electron chi connectivity index (χ0n) is 19.2. The lowest BCUT2D eigenvalue weighted by atomic mass is 9.75. The lowest BCUT2D eigenvalue weighted by Gasteiger charge is -2.40. The van der Waals surface area contributed by atoms with E-state index in [4.69, 9.17) is 23.2 Å². The van der Waals surface area contributed by atoms with E-state index in [0.717, 1.165) is 58.2 Å². The number of nitrogens with zero attached hydrogens (tertiary/aromatic N) is 1. The third-order valence-corrected chi connectivity index (χ3v) is 11.4. The minimum Gasteiger partial charge on any atom is -0.325 e. The van der Waals surface area contributed by atoms with Gasteiger partial charge in [-0.25, -0.2) is 0 Å². The van der Waals surface area contributed by atoms with Gasteiger partial charge in [-0.05, 0) is 66.8 Å². The van der Waals surface area contributed by atoms with E-state index in [9.17, 15) is 22.8 Å². The van der Waals surface area contributed by atoms with Gasteiger partial charge >= 0.3 is 11.0 Å². The molecule has 1 amide bonds. The molecule has 0 saturated heterocycles. The number of carbonyl (C=O) groups excluding carboxylic acids is 1. The first kappa shape index (κ1) is 25.3. The van der Waals surface area contributed by atoms with Crippen LogP contribution < -0.4 is 10.2 Å². The minimum atomic E-state index is -4.52. The number of anilines is 1. The molecular formula is C26H21Cl2F3N2O2S2. The van der Waals surface area contributed by atoms with Gasteiger partial charge in [0.1, 0.15) is 6.54 Å². The number of amides is 1. The molecule has 1 N–H and O–H groups in total. The Morgan fingerprint density at radius 1 is 1.11 bits per heavy atom. The second kappa shape index (κ2) is 9.36. The first-order chi connectivity index (χ1) is 17.6. The maximum atomic E-state index is 13.2. The van der Waals surface area contributed by atoms with Crippen molar-refractivity contribution >= 4 is 57.9 Å². The first-order valence-corrected chi connectivity index (χ1v) is 14.4. The number of thiazole rings is 1. The van der Waals surface area contributed by atoms with Crippen molar-refractivity contribution in [3.8, 4) is 0 Å². The molecule has 37 heavy (non-hydrogen) atoms. The molecule has 2 aromatic carbocycles. The normalized spacial score (nSPS) is 26.1. The van der Waals surface area contributed by atoms with E-state index in [0.29, 0.717) is 33.0 Å². The summed E-state index contributed by atoms with van der Waals surface area (Å²) < 4.78 is 40.7. The molecule has 0 spiro atoms. The fourth-order valence-electron chi connectivity index (χ4n) is 6.31. The Morgan fingerprint density at radius 2 is 1.86 bits per heavy atom. The highest BCUT2D eigenvalue weighted by molar-refractivity contribution is 8.00. The number of nitrogens with one attached hydrogen (secondary N) is 1. The Labute approximate surface area is 229 Å². The summed E-state index contributed by atoms with van der Waals surface area (Å²) in [6, 6.07) is 10.0. The van der Waals surface area contributed by atoms with Crippen LogP contribution in [0.1, 0.15) is 41.2 Å². The predicted molar refractivity (Wildman–Crippen MR) is 141 cm³/mol. The van der Waals surface area contributed by atoms with Gasteiger partial charge in [0.15, 0.2) is 0 Å². The zero-order chi connectivity index (χ0) is 26.1. The van der Waals surface area contributed by atoms with Crippen LogP contribution in [0.5, 0.6) is 0 Å². The van der Waals surface area contributed by atoms with Gasteiger partial charge in [-0.15, -0.1) is 11.8 Å². The Bertz CT molecular complexity index is 1450. The molecule has 2 heterocycles. The molecule has 2 aliphatic carbocycles. The SMILES string of the molecule is O=C(Cn1c2c(sc1=O)[C@@H](c1cccc(Cl)c1Cl)[C@@H]1[C@H]3CC[C@@H](C3)[C@H]1S2)Nc1cccc(C(F)(F)F)c1. The molecule has 0 unspecified atom stereocenters. The first-order valence-electron chi connectivity index (χ1n) is 11.9. The molecule has 3 aliphatic rings. The number of thioether (sulfide) groups is 1. The molecule has 194 valence electrons. The van der Waals surface area contributed by atoms with Gasteiger partial charge in [0.25, 0.3) is 0 Å². The van der Waals surface area contributed by atoms with Gasteiger partial charge in [0.2, 0.25) is 5.91 Å². The van der Waals surface area contributed by atoms with E-state index < -0.39 is 17.6 Å². The topological polar surface area (TPSA) is 51.1 Å². The quantitative estimate of drug-likeness (QED) is 0.345. The fraction of sp³-hybridized carbons (Fsp3) is 0.385. The second-order valence-corrected chi connectivity index (χ2v) is 12.8. The van der Waals surface area contributed by atoms with Crippen LogP contribution in [0.2, 0.25) is 10.0 Å². The average Bonchev–Trinajstić information content (AvgIpc) is 3.54. The number of halogens is 5. The summed E-state index contributed by atoms with van der Waals surface area (Å²) in [5, 5.41) is 4.53. The largest absolute Gasteiger partial charge is 0.416 e. The molecule has 1 aromatic heterocycles. The smallest absolute Gasteiger partial charge is 0.325 e. The van der Waals surface area contributed by atoms with Crippen LogP contribution in [0.25, 0.3) is 0 Å². The van der Waals surface area contributed by atoms with E-state index in [1.165, 1.54) is 16.7 Å². The van der Waals surface area contributed by atoms with Gasteiger partial charge in [0.05, 0.1) is 20.6 Å². The monoisotopic (exact) mass is 584 g/mol. The maximum Gasteiger partial charge on any atom is 0.416 e. The molecule has 11 heteroatoms. The molecule has 2 bridgehead atoms. The number of carbonyl (C=O) groups is 1. The molecule has 0 radical (unpaired) electrons. The number of aromatic nitrogens is 1. The summed E-state index contributed by atoms with van der Waals surface area (Å²) >= 11 is 15.9. The summed E-state index contributed by atoms with van der Waals surface area (Å²) in [7, 11) is 0. The molecule has 3 aromatic rings. The van der Waals surface area contributed by atoms with Gasteiger partial charge in [-0.2, -0.15) is 13.2 Å². The highest BCUT2D eigenvalue weighted by Gasteiger charge is 2.55. The summed E-state index contributed by atoms with van der Waals surface area (Å²) in [5.74, 6) is 0.766. The number of rotatable bonds is 4. The third-order valence-electron chi connectivity index (χ3n) is 7.78. The number of benzene rings is 2. The Kier molecular flexibility index (Phi) is 6.41. The van der Waals surface area contributed by atoms with Crippen LogP contribution in [-0.4, -0.2) is 15.7 Å². The van der Waals surface area contributed by atoms with Crippen molar-refractivity contribution in [1.29, 1.82) is 0 Å². The van der Waals surface area contributed by atoms with Crippen molar-refractivity contribution in [1.82, 2.24) is 4.57 Å². The van der Waals surface area contributed by atoms with Gasteiger partial charge in [0, 0.05) is 21.7 Å². The van der Waals surface area contributed by atoms with Crippen molar-refractivity contribution < 1.29 is 18.0 Å². The van der Waals surface area contributed by atoms with Crippen LogP contribution in [0.3, 0.4) is 0 Å². The van der Waals surface area contributed by atoms with Crippen molar-refractivity contribution in [2.24, 2.45) is 17.8 Å². The molecule has 6 rings (SSSR count). The Balaban J connectivity index is 1.35. The highest BCUT2D eigenvalue weighted by Crippen LogP contribution is 2.64. The molecule has 1 aliphatic heterocycles. The molecule has 5 atom stereocenters. The minimum absolute atomic E-state index is 0.0291. The summed E-state index contributed by atoms with van der Waals surface area (Å²) in [4.78, 5) is 26.7. The molecule has 2 fully saturated rings. The number of hydrogen-bond donors (Lipinski definition) is 1. The third kappa shape index (κ3) is 4.41. The number of hydrogen-bond acceptors (Lipinski definition) is 4. The van der Waals surface area contributed by atoms with E-state index in [1.54, 1.807) is 17.8 Å². The average molecular weight is 586 g/mol. The zero-order valence-corrected chi connectivity index (χ0v) is 22.4. The van der Waals surface area contributed by atoms with E-state index in [-0.39, 0.29) is 23.0 Å². The van der Waals surface area contributed by atoms with E-state index in [2.05, 4.69) is 5.32 Å². The Hall–Kier alpha value is -1.94. The predicted octanol–water partition coefficient (Wildman–Crippen LogP) is 7.53. The molecule has 2 saturated carbocycles.